The number of anilines is 2. The van der Waals surface area contributed by atoms with Crippen molar-refractivity contribution < 1.29 is 9.53 Å². The van der Waals surface area contributed by atoms with Gasteiger partial charge in [-0.2, -0.15) is 0 Å². The number of nitrogens with zero attached hydrogens (tertiary/aromatic N) is 1. The molecule has 20 heavy (non-hydrogen) atoms. The van der Waals surface area contributed by atoms with Crippen LogP contribution in [0.3, 0.4) is 0 Å². The minimum absolute atomic E-state index is 0.291. The fourth-order valence-corrected chi connectivity index (χ4v) is 1.73. The largest absolute Gasteiger partial charge is 0.378 e. The molecule has 0 radical (unpaired) electrons. The topological polar surface area (TPSA) is 63.2 Å². The van der Waals surface area contributed by atoms with E-state index in [1.54, 1.807) is 19.4 Å². The summed E-state index contributed by atoms with van der Waals surface area (Å²) in [5, 5.41) is 5.53. The minimum Gasteiger partial charge on any atom is -0.378 e. The highest BCUT2D eigenvalue weighted by molar-refractivity contribution is 6.00. The van der Waals surface area contributed by atoms with E-state index in [0.717, 1.165) is 16.9 Å². The van der Waals surface area contributed by atoms with Gasteiger partial charge in [-0.05, 0) is 30.7 Å². The molecule has 0 aliphatic heterocycles. The summed E-state index contributed by atoms with van der Waals surface area (Å²) in [4.78, 5) is 16.0. The van der Waals surface area contributed by atoms with Crippen LogP contribution >= 0.6 is 0 Å². The second-order valence-corrected chi connectivity index (χ2v) is 4.37. The van der Waals surface area contributed by atoms with Crippen LogP contribution in [0.4, 0.5) is 16.2 Å². The molecular formula is C15H17N3O2. The number of amides is 2. The molecule has 0 aliphatic rings. The Morgan fingerprint density at radius 1 is 1.20 bits per heavy atom. The third-order valence-electron chi connectivity index (χ3n) is 2.77. The molecule has 0 atom stereocenters. The second kappa shape index (κ2) is 6.68. The van der Waals surface area contributed by atoms with Crippen LogP contribution in [-0.4, -0.2) is 18.1 Å². The molecule has 2 aromatic rings. The molecule has 1 aromatic heterocycles. The number of hydrogen-bond acceptors (Lipinski definition) is 3. The SMILES string of the molecule is COCc1ccc(NC(=O)Nc2ccccc2C)cn1. The van der Waals surface area contributed by atoms with Crippen molar-refractivity contribution >= 4 is 17.4 Å². The van der Waals surface area contributed by atoms with Crippen LogP contribution < -0.4 is 10.6 Å². The molecule has 0 spiro atoms. The number of para-hydroxylation sites is 1. The Bertz CT molecular complexity index is 582. The number of urea groups is 1. The van der Waals surface area contributed by atoms with Gasteiger partial charge in [0.25, 0.3) is 0 Å². The maximum atomic E-state index is 11.9. The second-order valence-electron chi connectivity index (χ2n) is 4.37. The molecule has 5 heteroatoms. The number of methoxy groups -OCH3 is 1. The third kappa shape index (κ3) is 3.80. The molecule has 0 fully saturated rings. The van der Waals surface area contributed by atoms with Gasteiger partial charge >= 0.3 is 6.03 Å². The van der Waals surface area contributed by atoms with Gasteiger partial charge in [0.05, 0.1) is 24.2 Å². The molecule has 0 unspecified atom stereocenters. The van der Waals surface area contributed by atoms with Gasteiger partial charge in [0.15, 0.2) is 0 Å². The highest BCUT2D eigenvalue weighted by Crippen LogP contribution is 2.14. The summed E-state index contributed by atoms with van der Waals surface area (Å²) in [6.45, 7) is 2.40. The van der Waals surface area contributed by atoms with E-state index in [1.807, 2.05) is 37.3 Å². The highest BCUT2D eigenvalue weighted by atomic mass is 16.5. The fourth-order valence-electron chi connectivity index (χ4n) is 1.73. The maximum Gasteiger partial charge on any atom is 0.323 e. The van der Waals surface area contributed by atoms with Crippen molar-refractivity contribution in [3.63, 3.8) is 0 Å². The highest BCUT2D eigenvalue weighted by Gasteiger charge is 2.04. The zero-order valence-corrected chi connectivity index (χ0v) is 11.5. The number of nitrogens with one attached hydrogen (secondary N) is 2. The van der Waals surface area contributed by atoms with E-state index in [0.29, 0.717) is 12.3 Å². The van der Waals surface area contributed by atoms with E-state index < -0.39 is 0 Å². The lowest BCUT2D eigenvalue weighted by molar-refractivity contribution is 0.181. The number of aryl methyl sites for hydroxylation is 1. The van der Waals surface area contributed by atoms with Crippen LogP contribution in [0.5, 0.6) is 0 Å². The average Bonchev–Trinajstić information content (AvgIpc) is 2.44. The van der Waals surface area contributed by atoms with Crippen molar-refractivity contribution in [3.8, 4) is 0 Å². The van der Waals surface area contributed by atoms with Gasteiger partial charge in [0, 0.05) is 12.8 Å². The monoisotopic (exact) mass is 271 g/mol. The van der Waals surface area contributed by atoms with Crippen LogP contribution in [0, 0.1) is 6.92 Å². The summed E-state index contributed by atoms with van der Waals surface area (Å²) in [5.41, 5.74) is 3.25. The molecular weight excluding hydrogens is 254 g/mol. The summed E-state index contributed by atoms with van der Waals surface area (Å²) in [6.07, 6.45) is 1.60. The molecule has 0 bridgehead atoms. The molecule has 0 saturated carbocycles. The van der Waals surface area contributed by atoms with Gasteiger partial charge in [0.2, 0.25) is 0 Å². The van der Waals surface area contributed by atoms with E-state index in [-0.39, 0.29) is 6.03 Å². The smallest absolute Gasteiger partial charge is 0.323 e. The first-order chi connectivity index (χ1) is 9.69. The zero-order valence-electron chi connectivity index (χ0n) is 11.5. The van der Waals surface area contributed by atoms with Gasteiger partial charge < -0.3 is 15.4 Å². The van der Waals surface area contributed by atoms with Crippen molar-refractivity contribution in [2.75, 3.05) is 17.7 Å². The first kappa shape index (κ1) is 14.0. The lowest BCUT2D eigenvalue weighted by Crippen LogP contribution is -2.20. The van der Waals surface area contributed by atoms with Crippen LogP contribution in [-0.2, 0) is 11.3 Å². The van der Waals surface area contributed by atoms with Crippen molar-refractivity contribution in [1.29, 1.82) is 0 Å². The number of hydrogen-bond donors (Lipinski definition) is 2. The Balaban J connectivity index is 1.96. The van der Waals surface area contributed by atoms with Crippen LogP contribution in [0.15, 0.2) is 42.6 Å². The molecule has 1 aromatic carbocycles. The predicted octanol–water partition coefficient (Wildman–Crippen LogP) is 3.18. The number of benzene rings is 1. The van der Waals surface area contributed by atoms with Gasteiger partial charge in [-0.25, -0.2) is 4.79 Å². The van der Waals surface area contributed by atoms with Crippen molar-refractivity contribution in [2.45, 2.75) is 13.5 Å². The van der Waals surface area contributed by atoms with Crippen molar-refractivity contribution in [2.24, 2.45) is 0 Å². The molecule has 5 nitrogen and oxygen atoms in total. The van der Waals surface area contributed by atoms with E-state index in [2.05, 4.69) is 15.6 Å². The molecule has 0 aliphatic carbocycles. The van der Waals surface area contributed by atoms with Gasteiger partial charge in [0.1, 0.15) is 0 Å². The van der Waals surface area contributed by atoms with Gasteiger partial charge in [-0.15, -0.1) is 0 Å². The van der Waals surface area contributed by atoms with E-state index in [1.165, 1.54) is 0 Å². The minimum atomic E-state index is -0.291. The molecule has 1 heterocycles. The third-order valence-corrected chi connectivity index (χ3v) is 2.77. The molecule has 104 valence electrons. The number of carbonyl (C=O) groups is 1. The lowest BCUT2D eigenvalue weighted by Gasteiger charge is -2.09. The Labute approximate surface area is 118 Å². The normalized spacial score (nSPS) is 10.1. The number of aromatic nitrogens is 1. The van der Waals surface area contributed by atoms with E-state index in [9.17, 15) is 4.79 Å². The summed E-state index contributed by atoms with van der Waals surface area (Å²) in [7, 11) is 1.61. The Hall–Kier alpha value is -2.40. The Morgan fingerprint density at radius 2 is 2.00 bits per heavy atom. The van der Waals surface area contributed by atoms with Gasteiger partial charge in [-0.3, -0.25) is 4.98 Å². The van der Waals surface area contributed by atoms with E-state index in [4.69, 9.17) is 4.74 Å². The molecule has 2 rings (SSSR count). The Kier molecular flexibility index (Phi) is 4.68. The summed E-state index contributed by atoms with van der Waals surface area (Å²) in [6, 6.07) is 10.9. The van der Waals surface area contributed by atoms with Gasteiger partial charge in [-0.1, -0.05) is 18.2 Å². The quantitative estimate of drug-likeness (QED) is 0.897. The molecule has 2 amide bonds. The lowest BCUT2D eigenvalue weighted by atomic mass is 10.2. The summed E-state index contributed by atoms with van der Waals surface area (Å²) in [5.74, 6) is 0. The number of pyridine rings is 1. The van der Waals surface area contributed by atoms with Crippen molar-refractivity contribution in [3.05, 3.63) is 53.9 Å². The summed E-state index contributed by atoms with van der Waals surface area (Å²) < 4.78 is 4.98. The summed E-state index contributed by atoms with van der Waals surface area (Å²) >= 11 is 0. The molecule has 0 saturated heterocycles. The standard InChI is InChI=1S/C15H17N3O2/c1-11-5-3-4-6-14(11)18-15(19)17-12-7-8-13(10-20-2)16-9-12/h3-9H,10H2,1-2H3,(H2,17,18,19). The predicted molar refractivity (Wildman–Crippen MR) is 78.8 cm³/mol. The fraction of sp³-hybridized carbons (Fsp3) is 0.200. The zero-order chi connectivity index (χ0) is 14.4. The first-order valence-corrected chi connectivity index (χ1v) is 6.26. The van der Waals surface area contributed by atoms with E-state index >= 15 is 0 Å². The average molecular weight is 271 g/mol. The van der Waals surface area contributed by atoms with Crippen molar-refractivity contribution in [1.82, 2.24) is 4.98 Å². The number of ether oxygens (including phenoxy) is 1. The maximum absolute atomic E-state index is 11.9. The first-order valence-electron chi connectivity index (χ1n) is 6.26. The van der Waals surface area contributed by atoms with Crippen LogP contribution in [0.25, 0.3) is 0 Å². The molecule has 2 N–H and O–H groups in total. The van der Waals surface area contributed by atoms with Crippen LogP contribution in [0.2, 0.25) is 0 Å². The van der Waals surface area contributed by atoms with Crippen LogP contribution in [0.1, 0.15) is 11.3 Å². The number of rotatable bonds is 4. The Morgan fingerprint density at radius 3 is 2.65 bits per heavy atom. The number of carbonyl (C=O) groups excluding carboxylic acids is 1.